The number of phenolic OH excluding ortho intramolecular Hbond substituents is 1. The molecule has 1 aliphatic heterocycles. The van der Waals surface area contributed by atoms with Crippen LogP contribution in [0.5, 0.6) is 28.7 Å². The van der Waals surface area contributed by atoms with Crippen molar-refractivity contribution in [1.82, 2.24) is 0 Å². The molecule has 2 aromatic rings. The number of benzene rings is 2. The summed E-state index contributed by atoms with van der Waals surface area (Å²) < 4.78 is 21.6. The first kappa shape index (κ1) is 16.0. The van der Waals surface area contributed by atoms with Gasteiger partial charge in [0.2, 0.25) is 5.75 Å². The molecular formula is C18H18O6. The number of rotatable bonds is 4. The Labute approximate surface area is 139 Å². The topological polar surface area (TPSA) is 74.2 Å². The first-order chi connectivity index (χ1) is 11.6. The molecule has 0 amide bonds. The van der Waals surface area contributed by atoms with Gasteiger partial charge in [0.05, 0.1) is 27.8 Å². The van der Waals surface area contributed by atoms with E-state index in [2.05, 4.69) is 0 Å². The van der Waals surface area contributed by atoms with Crippen molar-refractivity contribution < 1.29 is 28.8 Å². The average molecular weight is 330 g/mol. The molecule has 126 valence electrons. The van der Waals surface area contributed by atoms with Crippen LogP contribution in [-0.2, 0) is 4.79 Å². The van der Waals surface area contributed by atoms with E-state index in [1.54, 1.807) is 24.3 Å². The Morgan fingerprint density at radius 2 is 1.83 bits per heavy atom. The SMILES string of the molecule is COc1cc2c(c(OC)c1OC)C(c1cccc(O)c1)CC(=O)O2. The van der Waals surface area contributed by atoms with Gasteiger partial charge in [0.1, 0.15) is 11.5 Å². The van der Waals surface area contributed by atoms with Crippen LogP contribution < -0.4 is 18.9 Å². The molecule has 0 saturated heterocycles. The van der Waals surface area contributed by atoms with Gasteiger partial charge in [0, 0.05) is 17.5 Å². The highest BCUT2D eigenvalue weighted by Crippen LogP contribution is 2.52. The summed E-state index contributed by atoms with van der Waals surface area (Å²) >= 11 is 0. The zero-order valence-corrected chi connectivity index (χ0v) is 13.7. The van der Waals surface area contributed by atoms with Crippen molar-refractivity contribution in [2.75, 3.05) is 21.3 Å². The lowest BCUT2D eigenvalue weighted by Gasteiger charge is -2.28. The Morgan fingerprint density at radius 1 is 1.08 bits per heavy atom. The standard InChI is InChI=1S/C18H18O6/c1-21-14-9-13-16(18(23-3)17(14)22-2)12(8-15(20)24-13)10-5-4-6-11(19)7-10/h4-7,9,12,19H,8H2,1-3H3. The normalized spacial score (nSPS) is 16.1. The third-order valence-corrected chi connectivity index (χ3v) is 4.05. The molecule has 0 saturated carbocycles. The number of carbonyl (C=O) groups is 1. The van der Waals surface area contributed by atoms with Gasteiger partial charge in [-0.3, -0.25) is 4.79 Å². The molecule has 1 atom stereocenters. The smallest absolute Gasteiger partial charge is 0.312 e. The summed E-state index contributed by atoms with van der Waals surface area (Å²) in [6, 6.07) is 8.41. The molecular weight excluding hydrogens is 312 g/mol. The second-order valence-electron chi connectivity index (χ2n) is 5.38. The summed E-state index contributed by atoms with van der Waals surface area (Å²) in [5, 5.41) is 9.77. The van der Waals surface area contributed by atoms with Crippen LogP contribution in [0.15, 0.2) is 30.3 Å². The molecule has 0 aliphatic carbocycles. The van der Waals surface area contributed by atoms with Gasteiger partial charge < -0.3 is 24.1 Å². The molecule has 0 aromatic heterocycles. The Morgan fingerprint density at radius 3 is 2.46 bits per heavy atom. The maximum atomic E-state index is 12.1. The largest absolute Gasteiger partial charge is 0.508 e. The van der Waals surface area contributed by atoms with E-state index in [0.717, 1.165) is 5.56 Å². The van der Waals surface area contributed by atoms with Crippen molar-refractivity contribution in [1.29, 1.82) is 0 Å². The average Bonchev–Trinajstić information content (AvgIpc) is 2.59. The van der Waals surface area contributed by atoms with Crippen LogP contribution in [0.1, 0.15) is 23.5 Å². The van der Waals surface area contributed by atoms with Crippen LogP contribution >= 0.6 is 0 Å². The third-order valence-electron chi connectivity index (χ3n) is 4.05. The molecule has 1 heterocycles. The molecule has 1 aliphatic rings. The van der Waals surface area contributed by atoms with Crippen molar-refractivity contribution in [2.45, 2.75) is 12.3 Å². The van der Waals surface area contributed by atoms with Gasteiger partial charge in [0.15, 0.2) is 11.5 Å². The Balaban J connectivity index is 2.25. The van der Waals surface area contributed by atoms with Gasteiger partial charge in [-0.1, -0.05) is 12.1 Å². The Kier molecular flexibility index (Phi) is 4.20. The van der Waals surface area contributed by atoms with Crippen molar-refractivity contribution in [3.05, 3.63) is 41.5 Å². The molecule has 0 radical (unpaired) electrons. The number of hydrogen-bond donors (Lipinski definition) is 1. The van der Waals surface area contributed by atoms with Gasteiger partial charge in [-0.05, 0) is 17.7 Å². The fourth-order valence-electron chi connectivity index (χ4n) is 3.03. The van der Waals surface area contributed by atoms with E-state index in [1.165, 1.54) is 21.3 Å². The van der Waals surface area contributed by atoms with E-state index in [-0.39, 0.29) is 24.1 Å². The fraction of sp³-hybridized carbons (Fsp3) is 0.278. The fourth-order valence-corrected chi connectivity index (χ4v) is 3.03. The van der Waals surface area contributed by atoms with Crippen molar-refractivity contribution in [3.63, 3.8) is 0 Å². The minimum Gasteiger partial charge on any atom is -0.508 e. The number of phenols is 1. The molecule has 1 N–H and O–H groups in total. The van der Waals surface area contributed by atoms with Crippen LogP contribution in [0, 0.1) is 0 Å². The summed E-state index contributed by atoms with van der Waals surface area (Å²) in [4.78, 5) is 12.1. The van der Waals surface area contributed by atoms with Crippen molar-refractivity contribution in [3.8, 4) is 28.7 Å². The zero-order valence-electron chi connectivity index (χ0n) is 13.7. The minimum absolute atomic E-state index is 0.132. The highest BCUT2D eigenvalue weighted by atomic mass is 16.5. The molecule has 0 spiro atoms. The van der Waals surface area contributed by atoms with Crippen molar-refractivity contribution in [2.24, 2.45) is 0 Å². The second-order valence-corrected chi connectivity index (χ2v) is 5.38. The van der Waals surface area contributed by atoms with Crippen LogP contribution in [-0.4, -0.2) is 32.4 Å². The lowest BCUT2D eigenvalue weighted by atomic mass is 9.85. The number of carbonyl (C=O) groups excluding carboxylic acids is 1. The van der Waals surface area contributed by atoms with Crippen LogP contribution in [0.2, 0.25) is 0 Å². The van der Waals surface area contributed by atoms with Crippen LogP contribution in [0.25, 0.3) is 0 Å². The number of methoxy groups -OCH3 is 3. The number of hydrogen-bond acceptors (Lipinski definition) is 6. The van der Waals surface area contributed by atoms with E-state index >= 15 is 0 Å². The summed E-state index contributed by atoms with van der Waals surface area (Å²) in [7, 11) is 4.54. The number of ether oxygens (including phenoxy) is 4. The Hall–Kier alpha value is -2.89. The number of esters is 1. The summed E-state index contributed by atoms with van der Waals surface area (Å²) in [6.45, 7) is 0. The maximum absolute atomic E-state index is 12.1. The minimum atomic E-state index is -0.356. The first-order valence-electron chi connectivity index (χ1n) is 7.41. The molecule has 2 aromatic carbocycles. The van der Waals surface area contributed by atoms with Gasteiger partial charge in [-0.15, -0.1) is 0 Å². The van der Waals surface area contributed by atoms with E-state index in [0.29, 0.717) is 28.6 Å². The number of aromatic hydroxyl groups is 1. The van der Waals surface area contributed by atoms with Gasteiger partial charge in [0.25, 0.3) is 0 Å². The summed E-state index contributed by atoms with van der Waals surface area (Å²) in [5.74, 6) is 1.13. The quantitative estimate of drug-likeness (QED) is 0.686. The lowest BCUT2D eigenvalue weighted by Crippen LogP contribution is -2.22. The van der Waals surface area contributed by atoms with E-state index in [1.807, 2.05) is 6.07 Å². The van der Waals surface area contributed by atoms with Gasteiger partial charge >= 0.3 is 5.97 Å². The predicted octanol–water partition coefficient (Wildman–Crippen LogP) is 2.86. The highest BCUT2D eigenvalue weighted by molar-refractivity contribution is 5.80. The van der Waals surface area contributed by atoms with Gasteiger partial charge in [-0.2, -0.15) is 0 Å². The predicted molar refractivity (Wildman–Crippen MR) is 86.3 cm³/mol. The molecule has 1 unspecified atom stereocenters. The van der Waals surface area contributed by atoms with E-state index in [4.69, 9.17) is 18.9 Å². The van der Waals surface area contributed by atoms with Crippen LogP contribution in [0.3, 0.4) is 0 Å². The molecule has 6 nitrogen and oxygen atoms in total. The Bertz CT molecular complexity index is 783. The highest BCUT2D eigenvalue weighted by Gasteiger charge is 2.35. The summed E-state index contributed by atoms with van der Waals surface area (Å²) in [5.41, 5.74) is 1.48. The third kappa shape index (κ3) is 2.60. The number of fused-ring (bicyclic) bond motifs is 1. The van der Waals surface area contributed by atoms with E-state index < -0.39 is 0 Å². The van der Waals surface area contributed by atoms with E-state index in [9.17, 15) is 9.90 Å². The zero-order chi connectivity index (χ0) is 17.3. The maximum Gasteiger partial charge on any atom is 0.312 e. The molecule has 6 heteroatoms. The first-order valence-corrected chi connectivity index (χ1v) is 7.41. The molecule has 0 bridgehead atoms. The summed E-state index contributed by atoms with van der Waals surface area (Å²) in [6.07, 6.45) is 0.141. The lowest BCUT2D eigenvalue weighted by molar-refractivity contribution is -0.135. The molecule has 3 rings (SSSR count). The second kappa shape index (κ2) is 6.31. The van der Waals surface area contributed by atoms with Gasteiger partial charge in [-0.25, -0.2) is 0 Å². The molecule has 24 heavy (non-hydrogen) atoms. The van der Waals surface area contributed by atoms with Crippen LogP contribution in [0.4, 0.5) is 0 Å². The van der Waals surface area contributed by atoms with Crippen molar-refractivity contribution >= 4 is 5.97 Å². The molecule has 0 fully saturated rings. The monoisotopic (exact) mass is 330 g/mol.